The van der Waals surface area contributed by atoms with Crippen LogP contribution in [0.5, 0.6) is 0 Å². The van der Waals surface area contributed by atoms with E-state index in [0.717, 1.165) is 17.7 Å². The summed E-state index contributed by atoms with van der Waals surface area (Å²) >= 11 is 0. The van der Waals surface area contributed by atoms with Gasteiger partial charge in [-0.3, -0.25) is 0 Å². The third kappa shape index (κ3) is 4.88. The summed E-state index contributed by atoms with van der Waals surface area (Å²) in [5, 5.41) is 1.20. The fourth-order valence-electron chi connectivity index (χ4n) is 7.74. The maximum Gasteiger partial charge on any atom is 0.293 e. The van der Waals surface area contributed by atoms with Crippen molar-refractivity contribution in [1.82, 2.24) is 0 Å². The molecular formula is C43H48BNO. The van der Waals surface area contributed by atoms with Crippen LogP contribution in [0.3, 0.4) is 0 Å². The fourth-order valence-corrected chi connectivity index (χ4v) is 7.74. The monoisotopic (exact) mass is 605 g/mol. The van der Waals surface area contributed by atoms with E-state index in [4.69, 9.17) is 4.42 Å². The van der Waals surface area contributed by atoms with Gasteiger partial charge in [0.2, 0.25) is 0 Å². The number of hydrogen-bond acceptors (Lipinski definition) is 2. The molecule has 0 saturated heterocycles. The van der Waals surface area contributed by atoms with Crippen LogP contribution in [0.1, 0.15) is 115 Å². The van der Waals surface area contributed by atoms with E-state index in [1.165, 1.54) is 74.0 Å². The van der Waals surface area contributed by atoms with Gasteiger partial charge >= 0.3 is 0 Å². The van der Waals surface area contributed by atoms with Crippen LogP contribution in [0.4, 0.5) is 17.1 Å². The Kier molecular flexibility index (Phi) is 7.06. The normalized spacial score (nSPS) is 17.3. The van der Waals surface area contributed by atoms with Crippen molar-refractivity contribution in [1.29, 1.82) is 0 Å². The Labute approximate surface area is 277 Å². The van der Waals surface area contributed by atoms with Crippen molar-refractivity contribution in [3.63, 3.8) is 0 Å². The first-order chi connectivity index (χ1) is 21.7. The maximum absolute atomic E-state index is 7.16. The van der Waals surface area contributed by atoms with Crippen LogP contribution in [-0.4, -0.2) is 6.71 Å². The average molecular weight is 606 g/mol. The summed E-state index contributed by atoms with van der Waals surface area (Å²) < 4.78 is 7.16. The quantitative estimate of drug-likeness (QED) is 0.186. The Hall–Kier alpha value is -3.90. The Balaban J connectivity index is 1.56. The lowest BCUT2D eigenvalue weighted by Crippen LogP contribution is -2.56. The molecule has 1 aliphatic carbocycles. The van der Waals surface area contributed by atoms with E-state index in [1.54, 1.807) is 0 Å². The molecule has 1 aliphatic heterocycles. The number of aryl methyl sites for hydroxylation is 1. The Morgan fingerprint density at radius 3 is 2.24 bits per heavy atom. The van der Waals surface area contributed by atoms with E-state index < -0.39 is 0 Å². The van der Waals surface area contributed by atoms with Crippen molar-refractivity contribution in [3.05, 3.63) is 107 Å². The van der Waals surface area contributed by atoms with Gasteiger partial charge in [0, 0.05) is 22.3 Å². The molecule has 1 atom stereocenters. The second-order valence-electron chi connectivity index (χ2n) is 16.4. The van der Waals surface area contributed by atoms with Crippen LogP contribution in [-0.2, 0) is 16.2 Å². The molecule has 1 aromatic heterocycles. The molecule has 2 nitrogen and oxygen atoms in total. The SMILES string of the molecule is CCC(C)c1ccc(N2c3cc(C)ccc3B(c3cc#cc(C(C)(C)C)c3)c3oc4cc5c(cc4c32)C(C)(C)CCC5(C)C)cc1. The van der Waals surface area contributed by atoms with Crippen molar-refractivity contribution in [3.8, 4) is 0 Å². The molecule has 0 N–H and O–H groups in total. The van der Waals surface area contributed by atoms with E-state index in [1.807, 2.05) is 0 Å². The molecule has 4 aromatic carbocycles. The summed E-state index contributed by atoms with van der Waals surface area (Å²) in [6.07, 6.45) is 3.48. The van der Waals surface area contributed by atoms with Gasteiger partial charge in [0.15, 0.2) is 0 Å². The minimum Gasteiger partial charge on any atom is -0.468 e. The number of benzene rings is 3. The van der Waals surface area contributed by atoms with E-state index in [0.29, 0.717) is 5.92 Å². The Bertz CT molecular complexity index is 1950. The third-order valence-electron chi connectivity index (χ3n) is 11.1. The summed E-state index contributed by atoms with van der Waals surface area (Å²) in [6, 6.07) is 32.3. The van der Waals surface area contributed by atoms with Crippen LogP contribution < -0.4 is 21.5 Å². The first kappa shape index (κ1) is 30.7. The van der Waals surface area contributed by atoms with Crippen molar-refractivity contribution < 1.29 is 4.42 Å². The second-order valence-corrected chi connectivity index (χ2v) is 16.4. The molecule has 0 saturated carbocycles. The van der Waals surface area contributed by atoms with Crippen LogP contribution in [0.25, 0.3) is 11.0 Å². The van der Waals surface area contributed by atoms with Crippen molar-refractivity contribution in [2.75, 3.05) is 4.90 Å². The van der Waals surface area contributed by atoms with Gasteiger partial charge in [0.1, 0.15) is 5.58 Å². The summed E-state index contributed by atoms with van der Waals surface area (Å²) in [6.45, 7) is 23.1. The summed E-state index contributed by atoms with van der Waals surface area (Å²) in [7, 11) is 0. The highest BCUT2D eigenvalue weighted by molar-refractivity contribution is 6.97. The van der Waals surface area contributed by atoms with Crippen LogP contribution in [0.2, 0.25) is 0 Å². The minimum atomic E-state index is -0.0568. The molecule has 0 radical (unpaired) electrons. The van der Waals surface area contributed by atoms with Gasteiger partial charge in [0.25, 0.3) is 6.71 Å². The largest absolute Gasteiger partial charge is 0.468 e. The molecule has 0 spiro atoms. The minimum absolute atomic E-state index is 0.0341. The lowest BCUT2D eigenvalue weighted by Gasteiger charge is -2.42. The zero-order chi connectivity index (χ0) is 32.8. The highest BCUT2D eigenvalue weighted by Crippen LogP contribution is 2.50. The van der Waals surface area contributed by atoms with Gasteiger partial charge in [0.05, 0.1) is 11.3 Å². The van der Waals surface area contributed by atoms with E-state index in [-0.39, 0.29) is 23.0 Å². The lowest BCUT2D eigenvalue weighted by atomic mass is 9.37. The van der Waals surface area contributed by atoms with Gasteiger partial charge in [-0.2, -0.15) is 0 Å². The average Bonchev–Trinajstić information content (AvgIpc) is 3.39. The molecule has 234 valence electrons. The molecule has 3 heteroatoms. The molecule has 46 heavy (non-hydrogen) atoms. The Morgan fingerprint density at radius 2 is 1.59 bits per heavy atom. The smallest absolute Gasteiger partial charge is 0.293 e. The number of furan rings is 1. The Morgan fingerprint density at radius 1 is 0.913 bits per heavy atom. The molecule has 2 heterocycles. The number of fused-ring (bicyclic) bond motifs is 5. The topological polar surface area (TPSA) is 16.4 Å². The predicted molar refractivity (Wildman–Crippen MR) is 197 cm³/mol. The van der Waals surface area contributed by atoms with E-state index in [9.17, 15) is 0 Å². The van der Waals surface area contributed by atoms with Crippen molar-refractivity contribution >= 4 is 51.3 Å². The molecule has 1 unspecified atom stereocenters. The van der Waals surface area contributed by atoms with Gasteiger partial charge in [-0.05, 0) is 112 Å². The molecule has 0 bridgehead atoms. The van der Waals surface area contributed by atoms with Gasteiger partial charge < -0.3 is 9.32 Å². The number of anilines is 3. The van der Waals surface area contributed by atoms with Gasteiger partial charge in [-0.15, -0.1) is 0 Å². The van der Waals surface area contributed by atoms with Gasteiger partial charge in [-0.1, -0.05) is 110 Å². The summed E-state index contributed by atoms with van der Waals surface area (Å²) in [5.41, 5.74) is 14.8. The van der Waals surface area contributed by atoms with Crippen molar-refractivity contribution in [2.45, 2.75) is 111 Å². The van der Waals surface area contributed by atoms with Crippen LogP contribution in [0.15, 0.2) is 71.1 Å². The summed E-state index contributed by atoms with van der Waals surface area (Å²) in [4.78, 5) is 2.48. The lowest BCUT2D eigenvalue weighted by molar-refractivity contribution is 0.332. The molecule has 2 aliphatic rings. The fraction of sp³-hybridized carbons (Fsp3) is 0.395. The van der Waals surface area contributed by atoms with Crippen molar-refractivity contribution in [2.24, 2.45) is 0 Å². The molecule has 5 aromatic rings. The maximum atomic E-state index is 7.16. The second kappa shape index (κ2) is 10.6. The zero-order valence-corrected chi connectivity index (χ0v) is 29.5. The highest BCUT2D eigenvalue weighted by Gasteiger charge is 2.43. The molecule has 7 rings (SSSR count). The number of rotatable bonds is 4. The van der Waals surface area contributed by atoms with E-state index in [2.05, 4.69) is 153 Å². The number of nitrogens with zero attached hydrogens (tertiary/aromatic N) is 1. The first-order valence-electron chi connectivity index (χ1n) is 17.3. The molecule has 0 amide bonds. The molecule has 0 fully saturated rings. The van der Waals surface area contributed by atoms with Crippen LogP contribution in [0, 0.1) is 19.1 Å². The van der Waals surface area contributed by atoms with Gasteiger partial charge in [-0.25, -0.2) is 0 Å². The predicted octanol–water partition coefficient (Wildman–Crippen LogP) is 9.80. The van der Waals surface area contributed by atoms with E-state index >= 15 is 0 Å². The molecular weight excluding hydrogens is 557 g/mol. The summed E-state index contributed by atoms with van der Waals surface area (Å²) in [5.74, 6) is 0.528. The standard InChI is InChI=1S/C43H48BNO/c1-11-28(3)29-16-18-32(19-17-29)45-37-23-27(2)15-20-36(37)44(31-14-12-13-30(24-31)41(4,5)6)40-39(45)33-25-34-35(26-38(33)46-40)43(9,10)22-21-42(34,7)8/h14-20,23-26,28H,11,21-22H2,1-10H3. The zero-order valence-electron chi connectivity index (χ0n) is 29.5. The third-order valence-corrected chi connectivity index (χ3v) is 11.1. The first-order valence-corrected chi connectivity index (χ1v) is 17.3. The van der Waals surface area contributed by atoms with Crippen LogP contribution >= 0.6 is 0 Å². The highest BCUT2D eigenvalue weighted by atomic mass is 16.3. The number of hydrogen-bond donors (Lipinski definition) is 0.